The van der Waals surface area contributed by atoms with Crippen LogP contribution in [-0.2, 0) is 4.79 Å². The van der Waals surface area contributed by atoms with E-state index in [2.05, 4.69) is 31.0 Å². The number of primary amides is 1. The molecule has 0 saturated carbocycles. The Morgan fingerprint density at radius 3 is 2.27 bits per heavy atom. The van der Waals surface area contributed by atoms with E-state index in [-0.39, 0.29) is 17.4 Å². The molecule has 4 heteroatoms. The number of nitrogens with two attached hydrogens (primary N) is 1. The van der Waals surface area contributed by atoms with Gasteiger partial charge in [-0.1, -0.05) is 20.8 Å². The molecule has 1 unspecified atom stereocenters. The van der Waals surface area contributed by atoms with Crippen LogP contribution in [0, 0.1) is 5.41 Å². The quantitative estimate of drug-likeness (QED) is 0.675. The summed E-state index contributed by atoms with van der Waals surface area (Å²) in [7, 11) is 4.01. The predicted octanol–water partition coefficient (Wildman–Crippen LogP) is 0.428. The fourth-order valence-corrected chi connectivity index (χ4v) is 1.35. The van der Waals surface area contributed by atoms with Gasteiger partial charge in [-0.2, -0.15) is 0 Å². The van der Waals surface area contributed by atoms with Gasteiger partial charge < -0.3 is 16.0 Å². The molecule has 1 amide bonds. The largest absolute Gasteiger partial charge is 0.368 e. The molecule has 3 N–H and O–H groups in total. The first kappa shape index (κ1) is 14.4. The lowest BCUT2D eigenvalue weighted by atomic mass is 9.88. The van der Waals surface area contributed by atoms with E-state index in [1.54, 1.807) is 0 Å². The zero-order chi connectivity index (χ0) is 12.1. The Labute approximate surface area is 93.2 Å². The second-order valence-electron chi connectivity index (χ2n) is 5.48. The van der Waals surface area contributed by atoms with E-state index < -0.39 is 0 Å². The average Bonchev–Trinajstić information content (AvgIpc) is 1.99. The molecule has 0 rings (SSSR count). The molecule has 0 heterocycles. The first-order valence-corrected chi connectivity index (χ1v) is 5.40. The van der Waals surface area contributed by atoms with Gasteiger partial charge in [0, 0.05) is 13.1 Å². The van der Waals surface area contributed by atoms with Crippen LogP contribution in [0.25, 0.3) is 0 Å². The van der Waals surface area contributed by atoms with Crippen molar-refractivity contribution in [3.05, 3.63) is 0 Å². The maximum Gasteiger partial charge on any atom is 0.234 e. The maximum atomic E-state index is 11.2. The summed E-state index contributed by atoms with van der Waals surface area (Å²) in [6.45, 7) is 8.02. The summed E-state index contributed by atoms with van der Waals surface area (Å²) in [6.07, 6.45) is 0.774. The molecule has 0 saturated heterocycles. The van der Waals surface area contributed by atoms with Crippen LogP contribution in [0.5, 0.6) is 0 Å². The lowest BCUT2D eigenvalue weighted by Gasteiger charge is -2.25. The molecule has 0 aliphatic heterocycles. The Kier molecular flexibility index (Phi) is 5.83. The molecule has 0 spiro atoms. The molecule has 4 nitrogen and oxygen atoms in total. The molecule has 0 aliphatic carbocycles. The van der Waals surface area contributed by atoms with E-state index in [0.29, 0.717) is 0 Å². The number of carbonyl (C=O) groups excluding carboxylic acids is 1. The van der Waals surface area contributed by atoms with Gasteiger partial charge in [0.15, 0.2) is 0 Å². The standard InChI is InChI=1S/C11H25N3O/c1-11(2,3)8-9(10(12)15)13-6-7-14(4)5/h9,13H,6-8H2,1-5H3,(H2,12,15). The van der Waals surface area contributed by atoms with Gasteiger partial charge in [0.1, 0.15) is 0 Å². The third-order valence-corrected chi connectivity index (χ3v) is 2.11. The van der Waals surface area contributed by atoms with Crippen molar-refractivity contribution in [1.29, 1.82) is 0 Å². The highest BCUT2D eigenvalue weighted by Gasteiger charge is 2.22. The van der Waals surface area contributed by atoms with Crippen molar-refractivity contribution in [1.82, 2.24) is 10.2 Å². The van der Waals surface area contributed by atoms with Crippen molar-refractivity contribution < 1.29 is 4.79 Å². The van der Waals surface area contributed by atoms with E-state index in [1.165, 1.54) is 0 Å². The molecule has 0 aromatic carbocycles. The summed E-state index contributed by atoms with van der Waals surface area (Å²) in [5.74, 6) is -0.260. The summed E-state index contributed by atoms with van der Waals surface area (Å²) in [5, 5.41) is 3.19. The zero-order valence-corrected chi connectivity index (χ0v) is 10.6. The molecular weight excluding hydrogens is 190 g/mol. The van der Waals surface area contributed by atoms with Gasteiger partial charge >= 0.3 is 0 Å². The Balaban J connectivity index is 4.01. The second kappa shape index (κ2) is 6.08. The molecule has 90 valence electrons. The SMILES string of the molecule is CN(C)CCNC(CC(C)(C)C)C(N)=O. The minimum Gasteiger partial charge on any atom is -0.368 e. The number of hydrogen-bond acceptors (Lipinski definition) is 3. The molecule has 0 bridgehead atoms. The summed E-state index contributed by atoms with van der Waals surface area (Å²) in [5.41, 5.74) is 5.46. The topological polar surface area (TPSA) is 58.4 Å². The number of likely N-dealkylation sites (N-methyl/N-ethyl adjacent to an activating group) is 1. The molecule has 0 radical (unpaired) electrons. The van der Waals surface area contributed by atoms with Crippen LogP contribution in [-0.4, -0.2) is 44.0 Å². The van der Waals surface area contributed by atoms with Crippen LogP contribution in [0.1, 0.15) is 27.2 Å². The minimum atomic E-state index is -0.260. The Morgan fingerprint density at radius 1 is 1.40 bits per heavy atom. The monoisotopic (exact) mass is 215 g/mol. The van der Waals surface area contributed by atoms with Crippen LogP contribution in [0.15, 0.2) is 0 Å². The van der Waals surface area contributed by atoms with Crippen LogP contribution >= 0.6 is 0 Å². The van der Waals surface area contributed by atoms with Gasteiger partial charge in [-0.15, -0.1) is 0 Å². The smallest absolute Gasteiger partial charge is 0.234 e. The van der Waals surface area contributed by atoms with Crippen LogP contribution in [0.3, 0.4) is 0 Å². The summed E-state index contributed by atoms with van der Waals surface area (Å²) >= 11 is 0. The van der Waals surface area contributed by atoms with Gasteiger partial charge in [0.25, 0.3) is 0 Å². The highest BCUT2D eigenvalue weighted by Crippen LogP contribution is 2.20. The highest BCUT2D eigenvalue weighted by atomic mass is 16.1. The molecule has 0 aromatic rings. The number of carbonyl (C=O) groups is 1. The van der Waals surface area contributed by atoms with Crippen LogP contribution in [0.4, 0.5) is 0 Å². The third kappa shape index (κ3) is 8.39. The average molecular weight is 215 g/mol. The van der Waals surface area contributed by atoms with Crippen molar-refractivity contribution in [3.8, 4) is 0 Å². The van der Waals surface area contributed by atoms with Crippen LogP contribution in [0.2, 0.25) is 0 Å². The van der Waals surface area contributed by atoms with Crippen molar-refractivity contribution in [2.45, 2.75) is 33.2 Å². The minimum absolute atomic E-state index is 0.116. The summed E-state index contributed by atoms with van der Waals surface area (Å²) < 4.78 is 0. The highest BCUT2D eigenvalue weighted by molar-refractivity contribution is 5.79. The Hall–Kier alpha value is -0.610. The number of nitrogens with zero attached hydrogens (tertiary/aromatic N) is 1. The summed E-state index contributed by atoms with van der Waals surface area (Å²) in [6, 6.07) is -0.218. The molecule has 0 aliphatic rings. The zero-order valence-electron chi connectivity index (χ0n) is 10.6. The van der Waals surface area contributed by atoms with Gasteiger partial charge in [-0.05, 0) is 25.9 Å². The first-order valence-electron chi connectivity index (χ1n) is 5.40. The van der Waals surface area contributed by atoms with Crippen molar-refractivity contribution in [2.75, 3.05) is 27.2 Å². The lowest BCUT2D eigenvalue weighted by molar-refractivity contribution is -0.120. The van der Waals surface area contributed by atoms with Gasteiger partial charge in [-0.3, -0.25) is 4.79 Å². The number of rotatable bonds is 6. The van der Waals surface area contributed by atoms with Crippen molar-refractivity contribution in [3.63, 3.8) is 0 Å². The summed E-state index contributed by atoms with van der Waals surface area (Å²) in [4.78, 5) is 13.3. The van der Waals surface area contributed by atoms with Gasteiger partial charge in [-0.25, -0.2) is 0 Å². The van der Waals surface area contributed by atoms with Gasteiger partial charge in [0.2, 0.25) is 5.91 Å². The van der Waals surface area contributed by atoms with Crippen LogP contribution < -0.4 is 11.1 Å². The Bertz CT molecular complexity index is 196. The molecule has 0 aromatic heterocycles. The van der Waals surface area contributed by atoms with E-state index in [9.17, 15) is 4.79 Å². The molecule has 15 heavy (non-hydrogen) atoms. The first-order chi connectivity index (χ1) is 6.72. The molecule has 0 fully saturated rings. The van der Waals surface area contributed by atoms with Gasteiger partial charge in [0.05, 0.1) is 6.04 Å². The predicted molar refractivity (Wildman–Crippen MR) is 63.6 cm³/mol. The second-order valence-corrected chi connectivity index (χ2v) is 5.48. The number of nitrogens with one attached hydrogen (secondary N) is 1. The van der Waals surface area contributed by atoms with E-state index in [1.807, 2.05) is 14.1 Å². The molecule has 1 atom stereocenters. The third-order valence-electron chi connectivity index (χ3n) is 2.11. The number of hydrogen-bond donors (Lipinski definition) is 2. The maximum absolute atomic E-state index is 11.2. The Morgan fingerprint density at radius 2 is 1.93 bits per heavy atom. The lowest BCUT2D eigenvalue weighted by Crippen LogP contribution is -2.45. The van der Waals surface area contributed by atoms with E-state index in [0.717, 1.165) is 19.5 Å². The fraction of sp³-hybridized carbons (Fsp3) is 0.909. The fourth-order valence-electron chi connectivity index (χ4n) is 1.35. The van der Waals surface area contributed by atoms with Crippen molar-refractivity contribution >= 4 is 5.91 Å². The van der Waals surface area contributed by atoms with E-state index in [4.69, 9.17) is 5.73 Å². The molecular formula is C11H25N3O. The van der Waals surface area contributed by atoms with E-state index >= 15 is 0 Å². The normalized spacial score (nSPS) is 14.3. The number of amides is 1. The van der Waals surface area contributed by atoms with Crippen molar-refractivity contribution in [2.24, 2.45) is 11.1 Å².